The zero-order valence-corrected chi connectivity index (χ0v) is 6.21. The van der Waals surface area contributed by atoms with E-state index in [1.165, 1.54) is 0 Å². The minimum absolute atomic E-state index is 0.106. The molecule has 3 heteroatoms. The van der Waals surface area contributed by atoms with Gasteiger partial charge in [-0.25, -0.2) is 0 Å². The molecule has 1 aliphatic heterocycles. The number of amides is 1. The molecule has 1 saturated heterocycles. The van der Waals surface area contributed by atoms with Crippen LogP contribution in [-0.4, -0.2) is 29.9 Å². The highest BCUT2D eigenvalue weighted by molar-refractivity contribution is 5.81. The molecule has 1 fully saturated rings. The number of rotatable bonds is 2. The third-order valence-corrected chi connectivity index (χ3v) is 1.90. The summed E-state index contributed by atoms with van der Waals surface area (Å²) in [6, 6.07) is -0.106. The second-order valence-electron chi connectivity index (χ2n) is 2.50. The van der Waals surface area contributed by atoms with Crippen LogP contribution in [0, 0.1) is 6.42 Å². The number of nitrogens with zero attached hydrogens (tertiary/aromatic N) is 1. The lowest BCUT2D eigenvalue weighted by molar-refractivity contribution is -0.121. The van der Waals surface area contributed by atoms with Crippen LogP contribution < -0.4 is 5.73 Å². The van der Waals surface area contributed by atoms with Gasteiger partial charge in [0.15, 0.2) is 0 Å². The van der Waals surface area contributed by atoms with E-state index in [1.54, 1.807) is 0 Å². The molecule has 0 aromatic rings. The van der Waals surface area contributed by atoms with Crippen molar-refractivity contribution >= 4 is 5.91 Å². The highest BCUT2D eigenvalue weighted by atomic mass is 16.1. The van der Waals surface area contributed by atoms with Crippen molar-refractivity contribution in [3.63, 3.8) is 0 Å². The molecule has 57 valence electrons. The van der Waals surface area contributed by atoms with Crippen LogP contribution in [0.2, 0.25) is 0 Å². The van der Waals surface area contributed by atoms with E-state index >= 15 is 0 Å². The predicted molar refractivity (Wildman–Crippen MR) is 39.1 cm³/mol. The number of hydrogen-bond acceptors (Lipinski definition) is 2. The van der Waals surface area contributed by atoms with Crippen LogP contribution in [0.1, 0.15) is 13.3 Å². The Morgan fingerprint density at radius 3 is 3.00 bits per heavy atom. The number of likely N-dealkylation sites (tertiary alicyclic amines) is 1. The van der Waals surface area contributed by atoms with Crippen LogP contribution >= 0.6 is 0 Å². The van der Waals surface area contributed by atoms with Crippen molar-refractivity contribution in [1.29, 1.82) is 0 Å². The quantitative estimate of drug-likeness (QED) is 0.577. The smallest absolute Gasteiger partial charge is 0.235 e. The van der Waals surface area contributed by atoms with Gasteiger partial charge in [0.1, 0.15) is 0 Å². The second kappa shape index (κ2) is 3.01. The maximum Gasteiger partial charge on any atom is 0.235 e. The molecule has 0 saturated carbocycles. The Bertz CT molecular complexity index is 136. The average Bonchev–Trinajstić information content (AvgIpc) is 2.33. The van der Waals surface area contributed by atoms with Crippen LogP contribution in [0.15, 0.2) is 0 Å². The molecule has 1 rings (SSSR count). The van der Waals surface area contributed by atoms with Crippen molar-refractivity contribution in [1.82, 2.24) is 4.90 Å². The molecule has 2 N–H and O–H groups in total. The Hall–Kier alpha value is -0.570. The van der Waals surface area contributed by atoms with Crippen molar-refractivity contribution < 1.29 is 4.79 Å². The van der Waals surface area contributed by atoms with E-state index in [0.29, 0.717) is 0 Å². The fourth-order valence-corrected chi connectivity index (χ4v) is 1.34. The minimum Gasteiger partial charge on any atom is -0.368 e. The van der Waals surface area contributed by atoms with Gasteiger partial charge in [-0.05, 0) is 25.9 Å². The van der Waals surface area contributed by atoms with Gasteiger partial charge >= 0.3 is 0 Å². The first-order chi connectivity index (χ1) is 4.75. The van der Waals surface area contributed by atoms with E-state index in [2.05, 4.69) is 4.90 Å². The van der Waals surface area contributed by atoms with E-state index in [0.717, 1.165) is 19.5 Å². The summed E-state index contributed by atoms with van der Waals surface area (Å²) in [7, 11) is 0. The summed E-state index contributed by atoms with van der Waals surface area (Å²) in [4.78, 5) is 12.8. The Morgan fingerprint density at radius 2 is 2.60 bits per heavy atom. The lowest BCUT2D eigenvalue weighted by Crippen LogP contribution is -2.40. The predicted octanol–water partition coefficient (Wildman–Crippen LogP) is -0.230. The van der Waals surface area contributed by atoms with Gasteiger partial charge in [-0.1, -0.05) is 6.92 Å². The summed E-state index contributed by atoms with van der Waals surface area (Å²) in [6.07, 6.45) is 2.97. The number of primary amides is 1. The Morgan fingerprint density at radius 1 is 1.90 bits per heavy atom. The highest BCUT2D eigenvalue weighted by Gasteiger charge is 2.27. The minimum atomic E-state index is -0.223. The normalized spacial score (nSPS) is 27.1. The summed E-state index contributed by atoms with van der Waals surface area (Å²) in [5.74, 6) is -0.223. The molecule has 0 aromatic carbocycles. The SMILES string of the molecule is CCN1CC[CH][C@H]1C(N)=O. The number of likely N-dealkylation sites (N-methyl/N-ethyl adjacent to an activating group) is 1. The van der Waals surface area contributed by atoms with Gasteiger partial charge in [0.25, 0.3) is 0 Å². The summed E-state index contributed by atoms with van der Waals surface area (Å²) in [5.41, 5.74) is 5.15. The molecule has 0 aromatic heterocycles. The molecule has 0 spiro atoms. The number of hydrogen-bond donors (Lipinski definition) is 1. The maximum atomic E-state index is 10.7. The molecule has 1 aliphatic rings. The van der Waals surface area contributed by atoms with E-state index in [4.69, 9.17) is 5.73 Å². The first kappa shape index (κ1) is 7.54. The summed E-state index contributed by atoms with van der Waals surface area (Å²) >= 11 is 0. The topological polar surface area (TPSA) is 46.3 Å². The van der Waals surface area contributed by atoms with Gasteiger partial charge in [0, 0.05) is 0 Å². The zero-order valence-electron chi connectivity index (χ0n) is 6.21. The third kappa shape index (κ3) is 1.29. The lowest BCUT2D eigenvalue weighted by Gasteiger charge is -2.18. The van der Waals surface area contributed by atoms with Gasteiger partial charge in [-0.2, -0.15) is 0 Å². The van der Waals surface area contributed by atoms with Crippen molar-refractivity contribution in [2.45, 2.75) is 19.4 Å². The highest BCUT2D eigenvalue weighted by Crippen LogP contribution is 2.14. The molecule has 1 atom stereocenters. The summed E-state index contributed by atoms with van der Waals surface area (Å²) in [5, 5.41) is 0. The number of carbonyl (C=O) groups is 1. The Balaban J connectivity index is 2.50. The average molecular weight is 141 g/mol. The van der Waals surface area contributed by atoms with E-state index in [-0.39, 0.29) is 11.9 Å². The molecule has 3 nitrogen and oxygen atoms in total. The largest absolute Gasteiger partial charge is 0.368 e. The Labute approximate surface area is 61.2 Å². The number of carbonyl (C=O) groups excluding carboxylic acids is 1. The second-order valence-corrected chi connectivity index (χ2v) is 2.50. The van der Waals surface area contributed by atoms with Crippen molar-refractivity contribution in [2.75, 3.05) is 13.1 Å². The summed E-state index contributed by atoms with van der Waals surface area (Å²) < 4.78 is 0. The van der Waals surface area contributed by atoms with Crippen LogP contribution in [-0.2, 0) is 4.79 Å². The maximum absolute atomic E-state index is 10.7. The molecular formula is C7H13N2O. The van der Waals surface area contributed by atoms with Gasteiger partial charge in [0.05, 0.1) is 6.04 Å². The third-order valence-electron chi connectivity index (χ3n) is 1.90. The summed E-state index contributed by atoms with van der Waals surface area (Å²) in [6.45, 7) is 3.92. The first-order valence-electron chi connectivity index (χ1n) is 3.62. The van der Waals surface area contributed by atoms with Gasteiger partial charge < -0.3 is 5.73 Å². The fraction of sp³-hybridized carbons (Fsp3) is 0.714. The van der Waals surface area contributed by atoms with Crippen LogP contribution in [0.4, 0.5) is 0 Å². The van der Waals surface area contributed by atoms with Gasteiger partial charge in [-0.3, -0.25) is 9.69 Å². The van der Waals surface area contributed by atoms with Crippen LogP contribution in [0.25, 0.3) is 0 Å². The van der Waals surface area contributed by atoms with E-state index in [1.807, 2.05) is 13.3 Å². The van der Waals surface area contributed by atoms with Gasteiger partial charge in [0.2, 0.25) is 5.91 Å². The van der Waals surface area contributed by atoms with Gasteiger partial charge in [-0.15, -0.1) is 0 Å². The molecule has 0 aliphatic carbocycles. The van der Waals surface area contributed by atoms with E-state index < -0.39 is 0 Å². The number of nitrogens with two attached hydrogens (primary N) is 1. The molecule has 10 heavy (non-hydrogen) atoms. The molecular weight excluding hydrogens is 128 g/mol. The molecule has 1 heterocycles. The van der Waals surface area contributed by atoms with Crippen LogP contribution in [0.5, 0.6) is 0 Å². The van der Waals surface area contributed by atoms with Crippen molar-refractivity contribution in [3.8, 4) is 0 Å². The molecule has 1 amide bonds. The van der Waals surface area contributed by atoms with E-state index in [9.17, 15) is 4.79 Å². The van der Waals surface area contributed by atoms with Crippen LogP contribution in [0.3, 0.4) is 0 Å². The monoisotopic (exact) mass is 141 g/mol. The lowest BCUT2D eigenvalue weighted by atomic mass is 10.2. The molecule has 0 bridgehead atoms. The standard InChI is InChI=1S/C7H13N2O/c1-2-9-5-3-4-6(9)7(8)10/h4,6H,2-3,5H2,1H3,(H2,8,10)/t6-/m0/s1. The zero-order chi connectivity index (χ0) is 7.56. The van der Waals surface area contributed by atoms with Crippen molar-refractivity contribution in [2.24, 2.45) is 5.73 Å². The molecule has 0 unspecified atom stereocenters. The molecule has 1 radical (unpaired) electrons. The fourth-order valence-electron chi connectivity index (χ4n) is 1.34. The Kier molecular flexibility index (Phi) is 2.27. The first-order valence-corrected chi connectivity index (χ1v) is 3.62. The van der Waals surface area contributed by atoms with Crippen molar-refractivity contribution in [3.05, 3.63) is 6.42 Å².